The summed E-state index contributed by atoms with van der Waals surface area (Å²) in [5.74, 6) is -0.0266. The maximum absolute atomic E-state index is 12.0. The van der Waals surface area contributed by atoms with Crippen LogP contribution in [0.3, 0.4) is 0 Å². The van der Waals surface area contributed by atoms with Gasteiger partial charge in [-0.3, -0.25) is 4.79 Å². The second-order valence-corrected chi connectivity index (χ2v) is 16.5. The molecule has 0 aliphatic carbocycles. The molecule has 0 spiro atoms. The molecule has 0 amide bonds. The number of unbranched alkanes of at least 4 members (excludes halogenated alkanes) is 33. The molecule has 316 valence electrons. The van der Waals surface area contributed by atoms with Gasteiger partial charge in [-0.2, -0.15) is 0 Å². The fourth-order valence-corrected chi connectivity index (χ4v) is 7.31. The van der Waals surface area contributed by atoms with Gasteiger partial charge in [0.2, 0.25) is 0 Å². The summed E-state index contributed by atoms with van der Waals surface area (Å²) in [4.78, 5) is 12.0. The summed E-state index contributed by atoms with van der Waals surface area (Å²) in [6.07, 6.45) is 71.1. The van der Waals surface area contributed by atoms with E-state index in [1.807, 2.05) is 0 Å². The molecule has 0 aromatic rings. The molecule has 2 heteroatoms. The number of carbonyl (C=O) groups is 1. The Morgan fingerprint density at radius 2 is 0.574 bits per heavy atom. The van der Waals surface area contributed by atoms with Crippen molar-refractivity contribution in [3.05, 3.63) is 48.6 Å². The number of hydrogen-bond donors (Lipinski definition) is 0. The van der Waals surface area contributed by atoms with Gasteiger partial charge in [0.1, 0.15) is 0 Å². The molecule has 0 rings (SSSR count). The SMILES string of the molecule is CCCCCC=CCC=CCC=CCC=CCCCC(=O)OCCCCCCCCCCCCCCCCCCCCCCCCCCCCCCCC. The zero-order valence-corrected chi connectivity index (χ0v) is 36.9. The van der Waals surface area contributed by atoms with Crippen LogP contribution in [0.4, 0.5) is 0 Å². The van der Waals surface area contributed by atoms with Gasteiger partial charge in [0, 0.05) is 6.42 Å². The normalized spacial score (nSPS) is 12.1. The minimum Gasteiger partial charge on any atom is -0.466 e. The van der Waals surface area contributed by atoms with Crippen LogP contribution in [0.25, 0.3) is 0 Å². The predicted molar refractivity (Wildman–Crippen MR) is 244 cm³/mol. The lowest BCUT2D eigenvalue weighted by Gasteiger charge is -2.05. The molecule has 0 aliphatic heterocycles. The molecule has 0 aromatic carbocycles. The van der Waals surface area contributed by atoms with Crippen molar-refractivity contribution >= 4 is 5.97 Å². The first-order valence-electron chi connectivity index (χ1n) is 24.6. The fourth-order valence-electron chi connectivity index (χ4n) is 7.31. The first kappa shape index (κ1) is 52.4. The van der Waals surface area contributed by atoms with Crippen LogP contribution in [0.15, 0.2) is 48.6 Å². The molecular formula is C52H96O2. The van der Waals surface area contributed by atoms with E-state index in [1.165, 1.54) is 212 Å². The molecule has 0 heterocycles. The lowest BCUT2D eigenvalue weighted by atomic mass is 10.0. The van der Waals surface area contributed by atoms with E-state index < -0.39 is 0 Å². The van der Waals surface area contributed by atoms with Crippen molar-refractivity contribution < 1.29 is 9.53 Å². The van der Waals surface area contributed by atoms with E-state index in [9.17, 15) is 4.79 Å². The van der Waals surface area contributed by atoms with Crippen molar-refractivity contribution in [3.8, 4) is 0 Å². The molecule has 2 nitrogen and oxygen atoms in total. The van der Waals surface area contributed by atoms with Crippen LogP contribution >= 0.6 is 0 Å². The molecule has 54 heavy (non-hydrogen) atoms. The largest absolute Gasteiger partial charge is 0.466 e. The summed E-state index contributed by atoms with van der Waals surface area (Å²) in [5, 5.41) is 0. The number of carbonyl (C=O) groups excluding carboxylic acids is 1. The molecule has 0 saturated carbocycles. The van der Waals surface area contributed by atoms with Crippen LogP contribution in [-0.2, 0) is 9.53 Å². The third-order valence-electron chi connectivity index (χ3n) is 11.0. The number of ether oxygens (including phenoxy) is 1. The average Bonchev–Trinajstić information content (AvgIpc) is 3.18. The first-order valence-corrected chi connectivity index (χ1v) is 24.6. The quantitative estimate of drug-likeness (QED) is 0.0352. The van der Waals surface area contributed by atoms with E-state index >= 15 is 0 Å². The molecule has 0 bridgehead atoms. The molecule has 0 aliphatic rings. The van der Waals surface area contributed by atoms with Crippen LogP contribution in [-0.4, -0.2) is 12.6 Å². The number of rotatable bonds is 45. The Kier molecular flexibility index (Phi) is 48.0. The molecule has 0 N–H and O–H groups in total. The van der Waals surface area contributed by atoms with Gasteiger partial charge < -0.3 is 4.74 Å². The van der Waals surface area contributed by atoms with Gasteiger partial charge in [-0.15, -0.1) is 0 Å². The summed E-state index contributed by atoms with van der Waals surface area (Å²) in [7, 11) is 0. The third-order valence-corrected chi connectivity index (χ3v) is 11.0. The van der Waals surface area contributed by atoms with Gasteiger partial charge in [-0.1, -0.05) is 262 Å². The van der Waals surface area contributed by atoms with Crippen molar-refractivity contribution in [2.75, 3.05) is 6.61 Å². The lowest BCUT2D eigenvalue weighted by Crippen LogP contribution is -2.05. The van der Waals surface area contributed by atoms with Crippen LogP contribution < -0.4 is 0 Å². The Labute approximate surface area is 340 Å². The van der Waals surface area contributed by atoms with E-state index in [-0.39, 0.29) is 5.97 Å². The van der Waals surface area contributed by atoms with E-state index in [1.54, 1.807) is 0 Å². The third kappa shape index (κ3) is 48.4. The van der Waals surface area contributed by atoms with E-state index in [0.29, 0.717) is 13.0 Å². The van der Waals surface area contributed by atoms with Gasteiger partial charge in [-0.25, -0.2) is 0 Å². The first-order chi connectivity index (χ1) is 26.8. The zero-order chi connectivity index (χ0) is 38.9. The topological polar surface area (TPSA) is 26.3 Å². The van der Waals surface area contributed by atoms with Crippen molar-refractivity contribution in [1.82, 2.24) is 0 Å². The standard InChI is InChI=1S/C52H96O2/c1-3-5-7-9-11-13-15-17-19-21-22-23-24-25-26-27-28-29-30-31-32-33-35-37-39-41-43-45-47-49-51-54-52(53)50-48-46-44-42-40-38-36-34-20-18-16-14-12-10-8-6-4-2/h12,14,18,20,36,38,42,44H,3-11,13,15-17,19,21-35,37,39-41,43,45-51H2,1-2H3. The van der Waals surface area contributed by atoms with Gasteiger partial charge >= 0.3 is 5.97 Å². The molecule has 0 unspecified atom stereocenters. The highest BCUT2D eigenvalue weighted by Crippen LogP contribution is 2.17. The number of esters is 1. The maximum atomic E-state index is 12.0. The van der Waals surface area contributed by atoms with Crippen molar-refractivity contribution in [2.24, 2.45) is 0 Å². The molecule has 0 fully saturated rings. The summed E-state index contributed by atoms with van der Waals surface area (Å²) in [6.45, 7) is 5.16. The Hall–Kier alpha value is -1.57. The van der Waals surface area contributed by atoms with E-state index in [4.69, 9.17) is 4.74 Å². The van der Waals surface area contributed by atoms with Crippen LogP contribution in [0, 0.1) is 0 Å². The van der Waals surface area contributed by atoms with Crippen molar-refractivity contribution in [1.29, 1.82) is 0 Å². The Bertz CT molecular complexity index is 820. The van der Waals surface area contributed by atoms with Gasteiger partial charge in [0.25, 0.3) is 0 Å². The highest BCUT2D eigenvalue weighted by molar-refractivity contribution is 5.69. The summed E-state index contributed by atoms with van der Waals surface area (Å²) in [5.41, 5.74) is 0. The lowest BCUT2D eigenvalue weighted by molar-refractivity contribution is -0.143. The average molecular weight is 753 g/mol. The Balaban J connectivity index is 3.24. The second-order valence-electron chi connectivity index (χ2n) is 16.5. The monoisotopic (exact) mass is 753 g/mol. The van der Waals surface area contributed by atoms with Crippen molar-refractivity contribution in [3.63, 3.8) is 0 Å². The van der Waals surface area contributed by atoms with Crippen LogP contribution in [0.1, 0.15) is 271 Å². The van der Waals surface area contributed by atoms with E-state index in [2.05, 4.69) is 62.5 Å². The Morgan fingerprint density at radius 1 is 0.315 bits per heavy atom. The zero-order valence-electron chi connectivity index (χ0n) is 36.9. The number of hydrogen-bond acceptors (Lipinski definition) is 2. The summed E-state index contributed by atoms with van der Waals surface area (Å²) >= 11 is 0. The second kappa shape index (κ2) is 49.4. The van der Waals surface area contributed by atoms with E-state index in [0.717, 1.165) is 38.5 Å². The molecule has 0 radical (unpaired) electrons. The Morgan fingerprint density at radius 3 is 0.907 bits per heavy atom. The predicted octanol–water partition coefficient (Wildman–Crippen LogP) is 18.4. The minimum absolute atomic E-state index is 0.0266. The van der Waals surface area contributed by atoms with Crippen molar-refractivity contribution in [2.45, 2.75) is 271 Å². The maximum Gasteiger partial charge on any atom is 0.305 e. The molecule has 0 saturated heterocycles. The van der Waals surface area contributed by atoms with Gasteiger partial charge in [-0.05, 0) is 51.4 Å². The van der Waals surface area contributed by atoms with Gasteiger partial charge in [0.15, 0.2) is 0 Å². The highest BCUT2D eigenvalue weighted by Gasteiger charge is 2.02. The highest BCUT2D eigenvalue weighted by atomic mass is 16.5. The van der Waals surface area contributed by atoms with Gasteiger partial charge in [0.05, 0.1) is 6.61 Å². The molecule has 0 aromatic heterocycles. The number of allylic oxidation sites excluding steroid dienone is 8. The fraction of sp³-hybridized carbons (Fsp3) is 0.827. The summed E-state index contributed by atoms with van der Waals surface area (Å²) < 4.78 is 5.45. The molecular weight excluding hydrogens is 657 g/mol. The van der Waals surface area contributed by atoms with Crippen LogP contribution in [0.5, 0.6) is 0 Å². The minimum atomic E-state index is -0.0266. The summed E-state index contributed by atoms with van der Waals surface area (Å²) in [6, 6.07) is 0. The van der Waals surface area contributed by atoms with Crippen LogP contribution in [0.2, 0.25) is 0 Å². The smallest absolute Gasteiger partial charge is 0.305 e. The molecule has 0 atom stereocenters.